The molecule has 0 saturated carbocycles. The Morgan fingerprint density at radius 1 is 1.15 bits per heavy atom. The first-order chi connectivity index (χ1) is 16.5. The van der Waals surface area contributed by atoms with Crippen LogP contribution in [-0.4, -0.2) is 66.8 Å². The van der Waals surface area contributed by atoms with Gasteiger partial charge in [-0.05, 0) is 41.6 Å². The SMILES string of the molecule is COc1cccc(/C=C2\SC(=O)N(CC(=O)N3CCOCC3)C2=O)c1OCc1ccc(Cl)cc1. The molecule has 0 radical (unpaired) electrons. The third kappa shape index (κ3) is 5.55. The Hall–Kier alpha value is -3.01. The first-order valence-electron chi connectivity index (χ1n) is 10.6. The van der Waals surface area contributed by atoms with Gasteiger partial charge in [-0.1, -0.05) is 35.9 Å². The van der Waals surface area contributed by atoms with Crippen LogP contribution in [0, 0.1) is 0 Å². The van der Waals surface area contributed by atoms with Crippen LogP contribution in [0.5, 0.6) is 11.5 Å². The van der Waals surface area contributed by atoms with Crippen LogP contribution in [0.25, 0.3) is 6.08 Å². The summed E-state index contributed by atoms with van der Waals surface area (Å²) in [6.07, 6.45) is 1.59. The van der Waals surface area contributed by atoms with Crippen molar-refractivity contribution in [3.05, 3.63) is 63.5 Å². The summed E-state index contributed by atoms with van der Waals surface area (Å²) >= 11 is 6.74. The van der Waals surface area contributed by atoms with Gasteiger partial charge in [0.1, 0.15) is 13.2 Å². The lowest BCUT2D eigenvalue weighted by Gasteiger charge is -2.28. The maximum Gasteiger partial charge on any atom is 0.294 e. The second-order valence-corrected chi connectivity index (χ2v) is 8.98. The Balaban J connectivity index is 1.52. The van der Waals surface area contributed by atoms with Crippen LogP contribution in [0.1, 0.15) is 11.1 Å². The van der Waals surface area contributed by atoms with Crippen LogP contribution in [0.2, 0.25) is 5.02 Å². The molecule has 4 rings (SSSR count). The number of nitrogens with zero attached hydrogens (tertiary/aromatic N) is 2. The molecule has 0 spiro atoms. The van der Waals surface area contributed by atoms with Crippen molar-refractivity contribution >= 4 is 46.5 Å². The highest BCUT2D eigenvalue weighted by atomic mass is 35.5. The summed E-state index contributed by atoms with van der Waals surface area (Å²) in [4.78, 5) is 40.8. The predicted octanol–water partition coefficient (Wildman–Crippen LogP) is 3.82. The van der Waals surface area contributed by atoms with E-state index in [-0.39, 0.29) is 24.0 Å². The third-order valence-electron chi connectivity index (χ3n) is 5.34. The number of hydrogen-bond acceptors (Lipinski definition) is 7. The van der Waals surface area contributed by atoms with Gasteiger partial charge >= 0.3 is 0 Å². The number of carbonyl (C=O) groups is 3. The summed E-state index contributed by atoms with van der Waals surface area (Å²) in [5.74, 6) is 0.142. The Labute approximate surface area is 206 Å². The quantitative estimate of drug-likeness (QED) is 0.532. The number of carbonyl (C=O) groups excluding carboxylic acids is 3. The van der Waals surface area contributed by atoms with E-state index in [2.05, 4.69) is 0 Å². The molecule has 0 bridgehead atoms. The number of halogens is 1. The highest BCUT2D eigenvalue weighted by molar-refractivity contribution is 8.18. The second kappa shape index (κ2) is 10.9. The number of benzene rings is 2. The molecule has 0 atom stereocenters. The zero-order valence-electron chi connectivity index (χ0n) is 18.5. The van der Waals surface area contributed by atoms with E-state index in [0.717, 1.165) is 22.2 Å². The molecule has 2 fully saturated rings. The zero-order chi connectivity index (χ0) is 24.1. The maximum atomic E-state index is 13.0. The van der Waals surface area contributed by atoms with Crippen LogP contribution in [0.4, 0.5) is 4.79 Å². The highest BCUT2D eigenvalue weighted by Gasteiger charge is 2.37. The van der Waals surface area contributed by atoms with Crippen molar-refractivity contribution in [1.82, 2.24) is 9.80 Å². The van der Waals surface area contributed by atoms with Gasteiger partial charge in [0.2, 0.25) is 5.91 Å². The van der Waals surface area contributed by atoms with Crippen molar-refractivity contribution in [3.8, 4) is 11.5 Å². The van der Waals surface area contributed by atoms with Gasteiger partial charge in [0.25, 0.3) is 11.1 Å². The Morgan fingerprint density at radius 2 is 1.88 bits per heavy atom. The van der Waals surface area contributed by atoms with Crippen molar-refractivity contribution in [1.29, 1.82) is 0 Å². The molecule has 0 aliphatic carbocycles. The van der Waals surface area contributed by atoms with Crippen molar-refractivity contribution in [3.63, 3.8) is 0 Å². The summed E-state index contributed by atoms with van der Waals surface area (Å²) in [7, 11) is 1.53. The number of ether oxygens (including phenoxy) is 3. The molecule has 2 heterocycles. The summed E-state index contributed by atoms with van der Waals surface area (Å²) in [6.45, 7) is 1.75. The molecule has 2 aromatic rings. The average Bonchev–Trinajstić information content (AvgIpc) is 3.11. The summed E-state index contributed by atoms with van der Waals surface area (Å²) in [6, 6.07) is 12.6. The van der Waals surface area contributed by atoms with Crippen LogP contribution < -0.4 is 9.47 Å². The van der Waals surface area contributed by atoms with Crippen LogP contribution in [0.3, 0.4) is 0 Å². The van der Waals surface area contributed by atoms with Gasteiger partial charge in [0.15, 0.2) is 11.5 Å². The molecule has 2 aliphatic rings. The molecule has 0 N–H and O–H groups in total. The average molecular weight is 503 g/mol. The standard InChI is InChI=1S/C24H23ClN2O6S/c1-31-19-4-2-3-17(22(19)33-15-16-5-7-18(25)8-6-16)13-20-23(29)27(24(30)34-20)14-21(28)26-9-11-32-12-10-26/h2-8,13H,9-12,14-15H2,1H3/b20-13-. The summed E-state index contributed by atoms with van der Waals surface area (Å²) < 4.78 is 16.7. The second-order valence-electron chi connectivity index (χ2n) is 7.55. The van der Waals surface area contributed by atoms with E-state index in [4.69, 9.17) is 25.8 Å². The number of rotatable bonds is 7. The minimum absolute atomic E-state index is 0.212. The Morgan fingerprint density at radius 3 is 2.59 bits per heavy atom. The van der Waals surface area contributed by atoms with Gasteiger partial charge in [0.05, 0.1) is 25.2 Å². The van der Waals surface area contributed by atoms with Gasteiger partial charge in [-0.2, -0.15) is 0 Å². The summed E-state index contributed by atoms with van der Waals surface area (Å²) in [5, 5.41) is 0.147. The van der Waals surface area contributed by atoms with Gasteiger partial charge in [-0.3, -0.25) is 19.3 Å². The van der Waals surface area contributed by atoms with E-state index < -0.39 is 11.1 Å². The minimum Gasteiger partial charge on any atom is -0.493 e. The molecule has 3 amide bonds. The van der Waals surface area contributed by atoms with Gasteiger partial charge in [0, 0.05) is 23.7 Å². The molecule has 2 aromatic carbocycles. The molecule has 2 saturated heterocycles. The van der Waals surface area contributed by atoms with Gasteiger partial charge in [-0.15, -0.1) is 0 Å². The van der Waals surface area contributed by atoms with Crippen LogP contribution >= 0.6 is 23.4 Å². The highest BCUT2D eigenvalue weighted by Crippen LogP contribution is 2.37. The first-order valence-corrected chi connectivity index (χ1v) is 11.8. The topological polar surface area (TPSA) is 85.4 Å². The smallest absolute Gasteiger partial charge is 0.294 e. The largest absolute Gasteiger partial charge is 0.493 e. The lowest BCUT2D eigenvalue weighted by atomic mass is 10.1. The number of amides is 3. The molecule has 178 valence electrons. The van der Waals surface area contributed by atoms with E-state index in [1.165, 1.54) is 7.11 Å². The number of para-hydroxylation sites is 1. The molecular formula is C24H23ClN2O6S. The molecule has 2 aliphatic heterocycles. The summed E-state index contributed by atoms with van der Waals surface area (Å²) in [5.41, 5.74) is 1.49. The van der Waals surface area contributed by atoms with E-state index >= 15 is 0 Å². The fourth-order valence-electron chi connectivity index (χ4n) is 3.52. The van der Waals surface area contributed by atoms with Crippen molar-refractivity contribution < 1.29 is 28.6 Å². The minimum atomic E-state index is -0.511. The number of morpholine rings is 1. The van der Waals surface area contributed by atoms with Gasteiger partial charge < -0.3 is 19.1 Å². The van der Waals surface area contributed by atoms with Crippen molar-refractivity contribution in [2.75, 3.05) is 40.0 Å². The van der Waals surface area contributed by atoms with Crippen LogP contribution in [-0.2, 0) is 20.9 Å². The normalized spacial score (nSPS) is 17.4. The molecule has 8 nitrogen and oxygen atoms in total. The van der Waals surface area contributed by atoms with Gasteiger partial charge in [-0.25, -0.2) is 0 Å². The van der Waals surface area contributed by atoms with Crippen molar-refractivity contribution in [2.24, 2.45) is 0 Å². The molecular weight excluding hydrogens is 480 g/mol. The molecule has 0 aromatic heterocycles. The molecule has 10 heteroatoms. The Bertz CT molecular complexity index is 1110. The van der Waals surface area contributed by atoms with E-state index in [9.17, 15) is 14.4 Å². The number of imide groups is 1. The predicted molar refractivity (Wildman–Crippen MR) is 129 cm³/mol. The van der Waals surface area contributed by atoms with Crippen molar-refractivity contribution in [2.45, 2.75) is 6.61 Å². The van der Waals surface area contributed by atoms with E-state index in [0.29, 0.717) is 48.4 Å². The number of thioether (sulfide) groups is 1. The maximum absolute atomic E-state index is 13.0. The lowest BCUT2D eigenvalue weighted by molar-refractivity contribution is -0.139. The number of hydrogen-bond donors (Lipinski definition) is 0. The molecule has 0 unspecified atom stereocenters. The fourth-order valence-corrected chi connectivity index (χ4v) is 4.48. The third-order valence-corrected chi connectivity index (χ3v) is 6.50. The first kappa shape index (κ1) is 24.1. The fraction of sp³-hybridized carbons (Fsp3) is 0.292. The zero-order valence-corrected chi connectivity index (χ0v) is 20.1. The monoisotopic (exact) mass is 502 g/mol. The number of methoxy groups -OCH3 is 1. The Kier molecular flexibility index (Phi) is 7.77. The van der Waals surface area contributed by atoms with Crippen LogP contribution in [0.15, 0.2) is 47.4 Å². The lowest BCUT2D eigenvalue weighted by Crippen LogP contribution is -2.46. The molecule has 34 heavy (non-hydrogen) atoms. The van der Waals surface area contributed by atoms with E-state index in [1.807, 2.05) is 12.1 Å². The van der Waals surface area contributed by atoms with E-state index in [1.54, 1.807) is 41.3 Å².